The number of oxazole rings is 1. The third kappa shape index (κ3) is 2.26. The van der Waals surface area contributed by atoms with Crippen molar-refractivity contribution >= 4 is 17.6 Å². The SMILES string of the molecule is COC(=O)c1coc(C(Cl)C(C)C)n1. The van der Waals surface area contributed by atoms with Gasteiger partial charge in [0.25, 0.3) is 0 Å². The summed E-state index contributed by atoms with van der Waals surface area (Å²) in [6.07, 6.45) is 1.25. The molecule has 1 unspecified atom stereocenters. The minimum atomic E-state index is -0.521. The molecule has 0 saturated heterocycles. The first kappa shape index (κ1) is 11.0. The van der Waals surface area contributed by atoms with Gasteiger partial charge in [-0.05, 0) is 5.92 Å². The van der Waals surface area contributed by atoms with Crippen LogP contribution < -0.4 is 0 Å². The van der Waals surface area contributed by atoms with E-state index in [1.807, 2.05) is 13.8 Å². The number of aromatic nitrogens is 1. The maximum Gasteiger partial charge on any atom is 0.360 e. The second-order valence-corrected chi connectivity index (χ2v) is 3.68. The van der Waals surface area contributed by atoms with Crippen molar-refractivity contribution in [3.63, 3.8) is 0 Å². The number of nitrogens with zero attached hydrogens (tertiary/aromatic N) is 1. The van der Waals surface area contributed by atoms with Crippen LogP contribution in [0.15, 0.2) is 10.7 Å². The molecule has 0 amide bonds. The average molecular weight is 218 g/mol. The Morgan fingerprint density at radius 2 is 2.29 bits per heavy atom. The second kappa shape index (κ2) is 4.46. The van der Waals surface area contributed by atoms with Crippen molar-refractivity contribution in [2.45, 2.75) is 19.2 Å². The zero-order valence-corrected chi connectivity index (χ0v) is 9.04. The topological polar surface area (TPSA) is 52.3 Å². The van der Waals surface area contributed by atoms with E-state index in [9.17, 15) is 4.79 Å². The summed E-state index contributed by atoms with van der Waals surface area (Å²) in [5.74, 6) is 0.0236. The molecule has 14 heavy (non-hydrogen) atoms. The molecule has 1 aromatic rings. The number of ether oxygens (including phenoxy) is 1. The minimum absolute atomic E-state index is 0.147. The number of esters is 1. The van der Waals surface area contributed by atoms with Crippen LogP contribution in [0.3, 0.4) is 0 Å². The highest BCUT2D eigenvalue weighted by atomic mass is 35.5. The molecule has 78 valence electrons. The molecule has 0 aliphatic rings. The molecular weight excluding hydrogens is 206 g/mol. The predicted molar refractivity (Wildman–Crippen MR) is 51.3 cm³/mol. The van der Waals surface area contributed by atoms with Gasteiger partial charge in [-0.2, -0.15) is 0 Å². The number of rotatable bonds is 3. The van der Waals surface area contributed by atoms with Gasteiger partial charge >= 0.3 is 5.97 Å². The third-order valence-corrected chi connectivity index (χ3v) is 2.43. The lowest BCUT2D eigenvalue weighted by atomic mass is 10.1. The number of carbonyl (C=O) groups excluding carboxylic acids is 1. The van der Waals surface area contributed by atoms with E-state index in [-0.39, 0.29) is 17.0 Å². The van der Waals surface area contributed by atoms with E-state index in [0.29, 0.717) is 5.89 Å². The van der Waals surface area contributed by atoms with Crippen LogP contribution in [0.5, 0.6) is 0 Å². The average Bonchev–Trinajstić information content (AvgIpc) is 2.64. The highest BCUT2D eigenvalue weighted by Crippen LogP contribution is 2.27. The van der Waals surface area contributed by atoms with Gasteiger partial charge in [0, 0.05) is 0 Å². The predicted octanol–water partition coefficient (Wildman–Crippen LogP) is 2.40. The number of halogens is 1. The fraction of sp³-hybridized carbons (Fsp3) is 0.556. The fourth-order valence-electron chi connectivity index (χ4n) is 0.898. The Morgan fingerprint density at radius 3 is 2.79 bits per heavy atom. The van der Waals surface area contributed by atoms with Crippen LogP contribution in [-0.2, 0) is 4.74 Å². The number of methoxy groups -OCH3 is 1. The summed E-state index contributed by atoms with van der Waals surface area (Å²) < 4.78 is 9.55. The van der Waals surface area contributed by atoms with Crippen molar-refractivity contribution in [3.8, 4) is 0 Å². The van der Waals surface area contributed by atoms with Gasteiger partial charge in [0.05, 0.1) is 7.11 Å². The lowest BCUT2D eigenvalue weighted by molar-refractivity contribution is 0.0594. The van der Waals surface area contributed by atoms with Crippen LogP contribution in [0.1, 0.15) is 35.6 Å². The van der Waals surface area contributed by atoms with E-state index in [1.54, 1.807) is 0 Å². The largest absolute Gasteiger partial charge is 0.464 e. The highest BCUT2D eigenvalue weighted by Gasteiger charge is 2.20. The number of hydrogen-bond donors (Lipinski definition) is 0. The maximum absolute atomic E-state index is 11.0. The molecule has 0 spiro atoms. The molecule has 0 N–H and O–H groups in total. The van der Waals surface area contributed by atoms with Crippen LogP contribution in [0.25, 0.3) is 0 Å². The van der Waals surface area contributed by atoms with Gasteiger partial charge < -0.3 is 9.15 Å². The Morgan fingerprint density at radius 1 is 1.64 bits per heavy atom. The van der Waals surface area contributed by atoms with E-state index < -0.39 is 5.97 Å². The van der Waals surface area contributed by atoms with Crippen molar-refractivity contribution in [1.82, 2.24) is 4.98 Å². The third-order valence-electron chi connectivity index (χ3n) is 1.74. The molecule has 1 aromatic heterocycles. The summed E-state index contributed by atoms with van der Waals surface area (Å²) in [4.78, 5) is 15.0. The van der Waals surface area contributed by atoms with Crippen LogP contribution in [-0.4, -0.2) is 18.1 Å². The summed E-state index contributed by atoms with van der Waals surface area (Å²) in [7, 11) is 1.29. The molecule has 0 radical (unpaired) electrons. The van der Waals surface area contributed by atoms with Crippen molar-refractivity contribution in [1.29, 1.82) is 0 Å². The van der Waals surface area contributed by atoms with Gasteiger partial charge in [-0.25, -0.2) is 9.78 Å². The second-order valence-electron chi connectivity index (χ2n) is 3.21. The van der Waals surface area contributed by atoms with Crippen molar-refractivity contribution < 1.29 is 13.9 Å². The van der Waals surface area contributed by atoms with Crippen LogP contribution >= 0.6 is 11.6 Å². The standard InChI is InChI=1S/C9H12ClNO3/c1-5(2)7(10)8-11-6(4-14-8)9(12)13-3/h4-5,7H,1-3H3. The minimum Gasteiger partial charge on any atom is -0.464 e. The summed E-state index contributed by atoms with van der Waals surface area (Å²) in [5, 5.41) is -0.326. The molecule has 0 aliphatic heterocycles. The molecule has 0 bridgehead atoms. The van der Waals surface area contributed by atoms with E-state index >= 15 is 0 Å². The zero-order valence-electron chi connectivity index (χ0n) is 8.28. The van der Waals surface area contributed by atoms with E-state index in [1.165, 1.54) is 13.4 Å². The van der Waals surface area contributed by atoms with Crippen LogP contribution in [0.4, 0.5) is 0 Å². The van der Waals surface area contributed by atoms with Gasteiger partial charge in [0.2, 0.25) is 5.89 Å². The lowest BCUT2D eigenvalue weighted by Crippen LogP contribution is -2.03. The van der Waals surface area contributed by atoms with Gasteiger partial charge in [0.1, 0.15) is 11.6 Å². The maximum atomic E-state index is 11.0. The molecule has 5 heteroatoms. The van der Waals surface area contributed by atoms with Crippen molar-refractivity contribution in [2.24, 2.45) is 5.92 Å². The molecule has 1 atom stereocenters. The molecule has 0 aromatic carbocycles. The molecule has 0 fully saturated rings. The first-order chi connectivity index (χ1) is 6.56. The summed E-state index contributed by atoms with van der Waals surface area (Å²) in [6, 6.07) is 0. The number of alkyl halides is 1. The summed E-state index contributed by atoms with van der Waals surface area (Å²) in [5.41, 5.74) is 0.147. The highest BCUT2D eigenvalue weighted by molar-refractivity contribution is 6.20. The van der Waals surface area contributed by atoms with Crippen LogP contribution in [0.2, 0.25) is 0 Å². The Balaban J connectivity index is 2.82. The summed E-state index contributed by atoms with van der Waals surface area (Å²) in [6.45, 7) is 3.89. The van der Waals surface area contributed by atoms with E-state index in [2.05, 4.69) is 9.72 Å². The smallest absolute Gasteiger partial charge is 0.360 e. The van der Waals surface area contributed by atoms with Crippen LogP contribution in [0, 0.1) is 5.92 Å². The van der Waals surface area contributed by atoms with Crippen molar-refractivity contribution in [3.05, 3.63) is 17.8 Å². The quantitative estimate of drug-likeness (QED) is 0.576. The molecule has 1 heterocycles. The molecular formula is C9H12ClNO3. The first-order valence-electron chi connectivity index (χ1n) is 4.24. The zero-order chi connectivity index (χ0) is 10.7. The van der Waals surface area contributed by atoms with Gasteiger partial charge in [-0.1, -0.05) is 13.8 Å². The van der Waals surface area contributed by atoms with E-state index in [0.717, 1.165) is 0 Å². The Labute approximate surface area is 87.2 Å². The molecule has 1 rings (SSSR count). The Hall–Kier alpha value is -1.03. The molecule has 0 saturated carbocycles. The van der Waals surface area contributed by atoms with Gasteiger partial charge in [-0.3, -0.25) is 0 Å². The lowest BCUT2D eigenvalue weighted by Gasteiger charge is -2.07. The van der Waals surface area contributed by atoms with E-state index in [4.69, 9.17) is 16.0 Å². The normalized spacial score (nSPS) is 12.9. The Bertz CT molecular complexity index is 322. The monoisotopic (exact) mass is 217 g/mol. The Kier molecular flexibility index (Phi) is 3.52. The number of carbonyl (C=O) groups is 1. The van der Waals surface area contributed by atoms with Crippen molar-refractivity contribution in [2.75, 3.05) is 7.11 Å². The van der Waals surface area contributed by atoms with Gasteiger partial charge in [0.15, 0.2) is 5.69 Å². The first-order valence-corrected chi connectivity index (χ1v) is 4.67. The summed E-state index contributed by atoms with van der Waals surface area (Å²) >= 11 is 5.99. The number of hydrogen-bond acceptors (Lipinski definition) is 4. The fourth-order valence-corrected chi connectivity index (χ4v) is 0.998. The molecule has 0 aliphatic carbocycles. The molecule has 4 nitrogen and oxygen atoms in total. The van der Waals surface area contributed by atoms with Gasteiger partial charge in [-0.15, -0.1) is 11.6 Å².